The molecule has 4 nitrogen and oxygen atoms in total. The summed E-state index contributed by atoms with van der Waals surface area (Å²) in [4.78, 5) is 21.4. The molecule has 0 saturated heterocycles. The van der Waals surface area contributed by atoms with E-state index in [2.05, 4.69) is 39.3 Å². The van der Waals surface area contributed by atoms with Crippen LogP contribution in [0, 0.1) is 0 Å². The molecule has 0 bridgehead atoms. The summed E-state index contributed by atoms with van der Waals surface area (Å²) in [5.41, 5.74) is 4.08. The second-order valence-electron chi connectivity index (χ2n) is 7.14. The Kier molecular flexibility index (Phi) is 6.27. The predicted octanol–water partition coefficient (Wildman–Crippen LogP) is 6.45. The first kappa shape index (κ1) is 21.5. The van der Waals surface area contributed by atoms with Crippen LogP contribution >= 0.6 is 51.0 Å². The van der Waals surface area contributed by atoms with Crippen LogP contribution in [0.3, 0.4) is 0 Å². The number of halogens is 2. The van der Waals surface area contributed by atoms with Crippen molar-refractivity contribution in [3.05, 3.63) is 69.0 Å². The van der Waals surface area contributed by atoms with Gasteiger partial charge in [0.1, 0.15) is 10.0 Å². The highest BCUT2D eigenvalue weighted by atomic mass is 79.9. The maximum absolute atomic E-state index is 12.9. The summed E-state index contributed by atoms with van der Waals surface area (Å²) in [6.45, 7) is 1.92. The monoisotopic (exact) mass is 519 g/mol. The molecule has 0 unspecified atom stereocenters. The van der Waals surface area contributed by atoms with Gasteiger partial charge < -0.3 is 10.2 Å². The average molecular weight is 521 g/mol. The van der Waals surface area contributed by atoms with Crippen LogP contribution in [0.5, 0.6) is 0 Å². The van der Waals surface area contributed by atoms with E-state index in [1.807, 2.05) is 42.5 Å². The summed E-state index contributed by atoms with van der Waals surface area (Å²) < 4.78 is 2.12. The van der Waals surface area contributed by atoms with Crippen molar-refractivity contribution in [2.24, 2.45) is 0 Å². The topological polar surface area (TPSA) is 45.2 Å². The first-order valence-electron chi connectivity index (χ1n) is 9.34. The SMILES string of the molecule is CN1CCc2c(sc(NC(=O)c3ccc(Br)cc3)c2-c2nc3ccccc3s2)C1.Cl. The minimum absolute atomic E-state index is 0. The van der Waals surface area contributed by atoms with Crippen molar-refractivity contribution in [2.45, 2.75) is 13.0 Å². The van der Waals surface area contributed by atoms with Crippen LogP contribution in [-0.2, 0) is 13.0 Å². The van der Waals surface area contributed by atoms with Gasteiger partial charge in [-0.25, -0.2) is 4.98 Å². The Morgan fingerprint density at radius 3 is 2.67 bits per heavy atom. The number of aromatic nitrogens is 1. The first-order valence-corrected chi connectivity index (χ1v) is 11.8. The number of hydrogen-bond acceptors (Lipinski definition) is 5. The molecule has 0 aliphatic carbocycles. The van der Waals surface area contributed by atoms with Crippen molar-refractivity contribution < 1.29 is 4.79 Å². The zero-order chi connectivity index (χ0) is 20.0. The third-order valence-corrected chi connectivity index (χ3v) is 7.80. The summed E-state index contributed by atoms with van der Waals surface area (Å²) in [7, 11) is 2.14. The molecular weight excluding hydrogens is 502 g/mol. The molecule has 4 aromatic rings. The number of benzene rings is 2. The van der Waals surface area contributed by atoms with Gasteiger partial charge in [0.05, 0.1) is 10.2 Å². The fourth-order valence-corrected chi connectivity index (χ4v) is 6.30. The number of amides is 1. The van der Waals surface area contributed by atoms with Crippen molar-refractivity contribution >= 4 is 72.1 Å². The van der Waals surface area contributed by atoms with Gasteiger partial charge in [0.15, 0.2) is 0 Å². The Morgan fingerprint density at radius 1 is 1.13 bits per heavy atom. The van der Waals surface area contributed by atoms with E-state index in [-0.39, 0.29) is 18.3 Å². The van der Waals surface area contributed by atoms with Crippen LogP contribution in [0.2, 0.25) is 0 Å². The van der Waals surface area contributed by atoms with Gasteiger partial charge in [0.25, 0.3) is 5.91 Å². The van der Waals surface area contributed by atoms with Crippen molar-refractivity contribution in [1.29, 1.82) is 0 Å². The Balaban J connectivity index is 0.00000218. The molecule has 0 spiro atoms. The lowest BCUT2D eigenvalue weighted by atomic mass is 10.0. The van der Waals surface area contributed by atoms with Crippen LogP contribution in [0.15, 0.2) is 53.0 Å². The summed E-state index contributed by atoms with van der Waals surface area (Å²) in [6, 6.07) is 15.6. The molecule has 2 aromatic carbocycles. The minimum atomic E-state index is -0.0909. The maximum atomic E-state index is 12.9. The summed E-state index contributed by atoms with van der Waals surface area (Å²) in [5.74, 6) is -0.0909. The number of carbonyl (C=O) groups excluding carboxylic acids is 1. The van der Waals surface area contributed by atoms with Gasteiger partial charge in [0, 0.05) is 33.6 Å². The summed E-state index contributed by atoms with van der Waals surface area (Å²) in [6.07, 6.45) is 0.974. The van der Waals surface area contributed by atoms with E-state index >= 15 is 0 Å². The number of carbonyl (C=O) groups is 1. The Labute approximate surface area is 197 Å². The average Bonchev–Trinajstić information content (AvgIpc) is 3.28. The second kappa shape index (κ2) is 8.77. The molecule has 0 fully saturated rings. The lowest BCUT2D eigenvalue weighted by Crippen LogP contribution is -2.25. The van der Waals surface area contributed by atoms with Gasteiger partial charge in [-0.05, 0) is 55.4 Å². The van der Waals surface area contributed by atoms with Gasteiger partial charge >= 0.3 is 0 Å². The quantitative estimate of drug-likeness (QED) is 0.338. The Hall–Kier alpha value is -1.77. The number of thiazole rings is 1. The number of hydrogen-bond donors (Lipinski definition) is 1. The number of anilines is 1. The third kappa shape index (κ3) is 4.05. The normalized spacial score (nSPS) is 13.7. The first-order chi connectivity index (χ1) is 14.1. The van der Waals surface area contributed by atoms with Crippen LogP contribution in [-0.4, -0.2) is 29.4 Å². The fraction of sp³-hybridized carbons (Fsp3) is 0.182. The largest absolute Gasteiger partial charge is 0.313 e. The number of nitrogens with zero attached hydrogens (tertiary/aromatic N) is 2. The lowest BCUT2D eigenvalue weighted by molar-refractivity contribution is 0.102. The van der Waals surface area contributed by atoms with Crippen LogP contribution in [0.4, 0.5) is 5.00 Å². The molecule has 1 amide bonds. The van der Waals surface area contributed by atoms with Gasteiger partial charge in [-0.3, -0.25) is 4.79 Å². The van der Waals surface area contributed by atoms with Crippen molar-refractivity contribution in [3.8, 4) is 10.6 Å². The summed E-state index contributed by atoms with van der Waals surface area (Å²) >= 11 is 6.80. The summed E-state index contributed by atoms with van der Waals surface area (Å²) in [5, 5.41) is 5.06. The van der Waals surface area contributed by atoms with Gasteiger partial charge in [-0.15, -0.1) is 35.1 Å². The maximum Gasteiger partial charge on any atom is 0.256 e. The van der Waals surface area contributed by atoms with E-state index in [1.165, 1.54) is 15.1 Å². The van der Waals surface area contributed by atoms with E-state index in [0.29, 0.717) is 5.56 Å². The molecule has 0 radical (unpaired) electrons. The van der Waals surface area contributed by atoms with E-state index in [0.717, 1.165) is 45.1 Å². The Bertz CT molecular complexity index is 1190. The highest BCUT2D eigenvalue weighted by molar-refractivity contribution is 9.10. The lowest BCUT2D eigenvalue weighted by Gasteiger charge is -2.22. The molecule has 2 aromatic heterocycles. The highest BCUT2D eigenvalue weighted by Gasteiger charge is 2.26. The van der Waals surface area contributed by atoms with Gasteiger partial charge in [-0.1, -0.05) is 28.1 Å². The number of nitrogens with one attached hydrogen (secondary N) is 1. The standard InChI is InChI=1S/C22H18BrN3OS2.ClH/c1-26-11-10-15-18(12-26)29-22(25-20(27)13-6-8-14(23)9-7-13)19(15)21-24-16-4-2-3-5-17(16)28-21;/h2-9H,10-12H2,1H3,(H,25,27);1H. The highest BCUT2D eigenvalue weighted by Crippen LogP contribution is 2.45. The fourth-order valence-electron chi connectivity index (χ4n) is 3.60. The predicted molar refractivity (Wildman–Crippen MR) is 132 cm³/mol. The molecule has 1 aliphatic rings. The molecular formula is C22H19BrClN3OS2. The van der Waals surface area contributed by atoms with Gasteiger partial charge in [0.2, 0.25) is 0 Å². The molecule has 1 aliphatic heterocycles. The second-order valence-corrected chi connectivity index (χ2v) is 10.2. The van der Waals surface area contributed by atoms with E-state index in [4.69, 9.17) is 4.98 Å². The smallest absolute Gasteiger partial charge is 0.256 e. The minimum Gasteiger partial charge on any atom is -0.313 e. The zero-order valence-electron chi connectivity index (χ0n) is 16.1. The van der Waals surface area contributed by atoms with Crippen LogP contribution in [0.1, 0.15) is 20.8 Å². The molecule has 0 saturated carbocycles. The Morgan fingerprint density at radius 2 is 1.90 bits per heavy atom. The molecule has 5 rings (SSSR count). The van der Waals surface area contributed by atoms with Crippen LogP contribution in [0.25, 0.3) is 20.8 Å². The molecule has 30 heavy (non-hydrogen) atoms. The third-order valence-electron chi connectivity index (χ3n) is 5.09. The number of thiophene rings is 1. The van der Waals surface area contributed by atoms with Crippen LogP contribution < -0.4 is 5.32 Å². The number of likely N-dealkylation sites (N-methyl/N-ethyl adjacent to an activating group) is 1. The van der Waals surface area contributed by atoms with E-state index in [9.17, 15) is 4.79 Å². The molecule has 0 atom stereocenters. The van der Waals surface area contributed by atoms with E-state index < -0.39 is 0 Å². The van der Waals surface area contributed by atoms with Crippen molar-refractivity contribution in [2.75, 3.05) is 18.9 Å². The molecule has 154 valence electrons. The molecule has 1 N–H and O–H groups in total. The van der Waals surface area contributed by atoms with Crippen molar-refractivity contribution in [1.82, 2.24) is 9.88 Å². The molecule has 8 heteroatoms. The van der Waals surface area contributed by atoms with Crippen molar-refractivity contribution in [3.63, 3.8) is 0 Å². The molecule has 3 heterocycles. The number of fused-ring (bicyclic) bond motifs is 2. The zero-order valence-corrected chi connectivity index (χ0v) is 20.2. The van der Waals surface area contributed by atoms with Gasteiger partial charge in [-0.2, -0.15) is 0 Å². The number of para-hydroxylation sites is 1. The number of rotatable bonds is 3. The van der Waals surface area contributed by atoms with E-state index in [1.54, 1.807) is 22.7 Å².